The van der Waals surface area contributed by atoms with Gasteiger partial charge in [0.1, 0.15) is 0 Å². The van der Waals surface area contributed by atoms with Crippen LogP contribution in [0, 0.1) is 27.4 Å². The molecule has 1 aliphatic rings. The van der Waals surface area contributed by atoms with Crippen LogP contribution in [0.5, 0.6) is 0 Å². The fourth-order valence-electron chi connectivity index (χ4n) is 2.01. The Balaban J connectivity index is 2.17. The maximum atomic E-state index is 10.9. The van der Waals surface area contributed by atoms with E-state index < -0.39 is 31.1 Å². The molecule has 1 heterocycles. The molecule has 0 aliphatic carbocycles. The molecule has 0 atom stereocenters. The molecular weight excluding hydrogens is 443 g/mol. The Labute approximate surface area is 131 Å². The van der Waals surface area contributed by atoms with Gasteiger partial charge in [0.05, 0.1) is 27.5 Å². The second-order valence-corrected chi connectivity index (χ2v) is 7.78. The van der Waals surface area contributed by atoms with Gasteiger partial charge in [-0.2, -0.15) is 0 Å². The molecule has 1 aliphatic heterocycles. The zero-order valence-electron chi connectivity index (χ0n) is 9.67. The molecule has 0 amide bonds. The van der Waals surface area contributed by atoms with Crippen LogP contribution in [0.2, 0.25) is 0 Å². The molecule has 0 unspecified atom stereocenters. The Morgan fingerprint density at radius 2 is 1.60 bits per heavy atom. The predicted molar refractivity (Wildman–Crippen MR) is 70.3 cm³/mol. The Hall–Kier alpha value is -1.55. The van der Waals surface area contributed by atoms with Gasteiger partial charge >= 0.3 is 21.2 Å². The number of nitro benzene ring substituents is 2. The van der Waals surface area contributed by atoms with Crippen molar-refractivity contribution in [2.24, 2.45) is 0 Å². The molecule has 3 rings (SSSR count). The molecule has 2 aromatic carbocycles. The average molecular weight is 448 g/mol. The minimum absolute atomic E-state index is 0.0395. The van der Waals surface area contributed by atoms with E-state index in [2.05, 4.69) is 15.9 Å². The fourth-order valence-corrected chi connectivity index (χ4v) is 6.20. The summed E-state index contributed by atoms with van der Waals surface area (Å²) in [5, 5.41) is 21.7. The molecule has 2 aromatic rings. The van der Waals surface area contributed by atoms with Gasteiger partial charge in [0, 0.05) is 22.2 Å². The van der Waals surface area contributed by atoms with E-state index in [1.165, 1.54) is 12.1 Å². The third-order valence-corrected chi connectivity index (χ3v) is 6.41. The van der Waals surface area contributed by atoms with E-state index in [1.807, 2.05) is 0 Å². The van der Waals surface area contributed by atoms with Crippen LogP contribution >= 0.6 is 15.9 Å². The number of halogens is 2. The van der Waals surface area contributed by atoms with Gasteiger partial charge in [-0.3, -0.25) is 20.2 Å². The lowest BCUT2D eigenvalue weighted by Gasteiger charge is -1.99. The van der Waals surface area contributed by atoms with Crippen molar-refractivity contribution in [3.8, 4) is 11.1 Å². The van der Waals surface area contributed by atoms with E-state index in [-0.39, 0.29) is 11.4 Å². The van der Waals surface area contributed by atoms with Crippen LogP contribution in [-0.2, 0) is 0 Å². The Morgan fingerprint density at radius 1 is 0.950 bits per heavy atom. The summed E-state index contributed by atoms with van der Waals surface area (Å²) in [7, 11) is 0. The number of hydrogen-bond acceptors (Lipinski definition) is 4. The molecule has 0 saturated heterocycles. The molecule has 0 radical (unpaired) electrons. The van der Waals surface area contributed by atoms with Crippen molar-refractivity contribution in [1.29, 1.82) is 0 Å². The summed E-state index contributed by atoms with van der Waals surface area (Å²) < 4.78 is 2.50. The molecule has 0 fully saturated rings. The van der Waals surface area contributed by atoms with Crippen LogP contribution in [0.4, 0.5) is 11.4 Å². The lowest BCUT2D eigenvalue weighted by molar-refractivity contribution is -0.590. The third kappa shape index (κ3) is 2.08. The van der Waals surface area contributed by atoms with Gasteiger partial charge in [0.2, 0.25) is 7.14 Å². The number of nitrogens with zero attached hydrogens (tertiary/aromatic N) is 2. The van der Waals surface area contributed by atoms with E-state index in [1.54, 1.807) is 18.2 Å². The van der Waals surface area contributed by atoms with Crippen LogP contribution in [-0.4, -0.2) is 9.85 Å². The zero-order valence-corrected chi connectivity index (χ0v) is 13.4. The van der Waals surface area contributed by atoms with Crippen molar-refractivity contribution in [1.82, 2.24) is 0 Å². The van der Waals surface area contributed by atoms with Crippen molar-refractivity contribution in [3.05, 3.63) is 62.2 Å². The average Bonchev–Trinajstić information content (AvgIpc) is 2.75. The number of hydrogen-bond donors (Lipinski definition) is 0. The van der Waals surface area contributed by atoms with E-state index in [0.717, 1.165) is 18.3 Å². The van der Waals surface area contributed by atoms with Crippen molar-refractivity contribution in [2.45, 2.75) is 0 Å². The number of fused-ring (bicyclic) bond motifs is 3. The fraction of sp³-hybridized carbons (Fsp3) is 0. The van der Waals surface area contributed by atoms with Gasteiger partial charge in [0.15, 0.2) is 0 Å². The summed E-state index contributed by atoms with van der Waals surface area (Å²) in [5.41, 5.74) is 1.95. The Morgan fingerprint density at radius 3 is 2.25 bits per heavy atom. The molecule has 100 valence electrons. The SMILES string of the molecule is O=[N+]([O-])c1ccc2c(c1)[I+]c1cc([N+](=O)[O-])cc(Br)c1-2. The van der Waals surface area contributed by atoms with Gasteiger partial charge < -0.3 is 0 Å². The molecule has 0 bridgehead atoms. The van der Waals surface area contributed by atoms with E-state index in [0.29, 0.717) is 4.47 Å². The first-order valence-corrected chi connectivity index (χ1v) is 8.34. The van der Waals surface area contributed by atoms with Gasteiger partial charge in [-0.1, -0.05) is 0 Å². The molecule has 8 heteroatoms. The molecule has 20 heavy (non-hydrogen) atoms. The van der Waals surface area contributed by atoms with Crippen LogP contribution in [0.1, 0.15) is 0 Å². The molecular formula is C12H5BrIN2O4+. The number of non-ortho nitro benzene ring substituents is 2. The molecule has 6 nitrogen and oxygen atoms in total. The summed E-state index contributed by atoms with van der Waals surface area (Å²) in [5.74, 6) is 0. The largest absolute Gasteiger partial charge is 0.359 e. The van der Waals surface area contributed by atoms with E-state index in [4.69, 9.17) is 0 Å². The van der Waals surface area contributed by atoms with Crippen molar-refractivity contribution >= 4 is 27.3 Å². The first-order chi connectivity index (χ1) is 9.47. The highest BCUT2D eigenvalue weighted by atomic mass is 127. The second-order valence-electron chi connectivity index (χ2n) is 4.06. The normalized spacial score (nSPS) is 11.8. The quantitative estimate of drug-likeness (QED) is 0.323. The zero-order chi connectivity index (χ0) is 14.4. The predicted octanol–water partition coefficient (Wildman–Crippen LogP) is 0.374. The Kier molecular flexibility index (Phi) is 3.21. The summed E-state index contributed by atoms with van der Waals surface area (Å²) in [6.07, 6.45) is 0. The van der Waals surface area contributed by atoms with Crippen LogP contribution in [0.15, 0.2) is 34.8 Å². The lowest BCUT2D eigenvalue weighted by atomic mass is 10.1. The second kappa shape index (κ2) is 4.77. The summed E-state index contributed by atoms with van der Waals surface area (Å²) in [6, 6.07) is 7.79. The molecule has 0 aromatic heterocycles. The maximum absolute atomic E-state index is 10.9. The molecule has 0 N–H and O–H groups in total. The topological polar surface area (TPSA) is 86.3 Å². The standard InChI is InChI=1S/C12H5BrIN2O4/c13-9-3-7(16(19)20)5-11-12(9)8-2-1-6(15(17)18)4-10(8)14-11/h1-5H/q+1. The Bertz CT molecular complexity index is 778. The van der Waals surface area contributed by atoms with Crippen molar-refractivity contribution in [2.75, 3.05) is 0 Å². The summed E-state index contributed by atoms with van der Waals surface area (Å²) in [4.78, 5) is 20.8. The highest BCUT2D eigenvalue weighted by molar-refractivity contribution is 9.10. The molecule has 0 spiro atoms. The van der Waals surface area contributed by atoms with Crippen LogP contribution in [0.3, 0.4) is 0 Å². The number of rotatable bonds is 2. The van der Waals surface area contributed by atoms with Crippen LogP contribution in [0.25, 0.3) is 11.1 Å². The monoisotopic (exact) mass is 447 g/mol. The third-order valence-electron chi connectivity index (χ3n) is 2.87. The summed E-state index contributed by atoms with van der Waals surface area (Å²) >= 11 is 2.73. The van der Waals surface area contributed by atoms with E-state index >= 15 is 0 Å². The highest BCUT2D eigenvalue weighted by Crippen LogP contribution is 2.34. The highest BCUT2D eigenvalue weighted by Gasteiger charge is 2.38. The lowest BCUT2D eigenvalue weighted by Crippen LogP contribution is -3.61. The van der Waals surface area contributed by atoms with Gasteiger partial charge in [-0.05, 0) is 22.0 Å². The van der Waals surface area contributed by atoms with Crippen molar-refractivity contribution in [3.63, 3.8) is 0 Å². The van der Waals surface area contributed by atoms with E-state index in [9.17, 15) is 20.2 Å². The number of nitro groups is 2. The summed E-state index contributed by atoms with van der Waals surface area (Å²) in [6.45, 7) is 0. The maximum Gasteiger partial charge on any atom is 0.359 e. The van der Waals surface area contributed by atoms with Gasteiger partial charge in [0.25, 0.3) is 11.4 Å². The minimum Gasteiger partial charge on any atom is -0.258 e. The van der Waals surface area contributed by atoms with Gasteiger partial charge in [-0.25, -0.2) is 0 Å². The first-order valence-electron chi connectivity index (χ1n) is 5.39. The van der Waals surface area contributed by atoms with Crippen molar-refractivity contribution < 1.29 is 31.1 Å². The smallest absolute Gasteiger partial charge is 0.258 e. The first kappa shape index (κ1) is 13.4. The number of benzene rings is 2. The van der Waals surface area contributed by atoms with Crippen LogP contribution < -0.4 is 21.2 Å². The van der Waals surface area contributed by atoms with Gasteiger partial charge in [-0.15, -0.1) is 0 Å². The minimum atomic E-state index is -0.638. The molecule has 0 saturated carbocycles.